The zero-order chi connectivity index (χ0) is 18.1. The van der Waals surface area contributed by atoms with Gasteiger partial charge in [0.15, 0.2) is 5.82 Å². The number of aromatic nitrogens is 2. The topological polar surface area (TPSA) is 89.3 Å². The molecule has 2 N–H and O–H groups in total. The molecule has 1 saturated heterocycles. The first kappa shape index (κ1) is 17.0. The largest absolute Gasteiger partial charge is 0.496 e. The van der Waals surface area contributed by atoms with Crippen LogP contribution in [-0.4, -0.2) is 36.2 Å². The van der Waals surface area contributed by atoms with Crippen LogP contribution in [0.15, 0.2) is 28.8 Å². The molecule has 0 unspecified atom stereocenters. The molecule has 0 bridgehead atoms. The Morgan fingerprint density at radius 3 is 2.85 bits per heavy atom. The maximum Gasteiger partial charge on any atom is 0.224 e. The Morgan fingerprint density at radius 1 is 1.38 bits per heavy atom. The van der Waals surface area contributed by atoms with E-state index >= 15 is 0 Å². The van der Waals surface area contributed by atoms with Gasteiger partial charge in [0.1, 0.15) is 11.8 Å². The summed E-state index contributed by atoms with van der Waals surface area (Å²) >= 11 is 0. The molecular weight excluding hydrogens is 332 g/mol. The van der Waals surface area contributed by atoms with Crippen LogP contribution in [0.5, 0.6) is 5.75 Å². The van der Waals surface area contributed by atoms with E-state index in [4.69, 9.17) is 9.26 Å². The molecule has 138 valence electrons. The van der Waals surface area contributed by atoms with Gasteiger partial charge in [0.25, 0.3) is 0 Å². The van der Waals surface area contributed by atoms with Crippen molar-refractivity contribution in [2.45, 2.75) is 32.2 Å². The van der Waals surface area contributed by atoms with Crippen LogP contribution in [-0.2, 0) is 4.79 Å². The predicted octanol–water partition coefficient (Wildman–Crippen LogP) is 1.98. The van der Waals surface area contributed by atoms with E-state index < -0.39 is 6.04 Å². The zero-order valence-corrected chi connectivity index (χ0v) is 15.1. The number of hydrogen-bond donors (Lipinski definition) is 2. The minimum Gasteiger partial charge on any atom is -0.496 e. The van der Waals surface area contributed by atoms with E-state index in [-0.39, 0.29) is 17.2 Å². The first-order valence-corrected chi connectivity index (χ1v) is 9.07. The highest BCUT2D eigenvalue weighted by molar-refractivity contribution is 5.83. The first-order chi connectivity index (χ1) is 12.6. The lowest BCUT2D eigenvalue weighted by Gasteiger charge is -2.24. The van der Waals surface area contributed by atoms with E-state index in [2.05, 4.69) is 20.8 Å². The van der Waals surface area contributed by atoms with E-state index in [0.29, 0.717) is 17.5 Å². The third kappa shape index (κ3) is 3.07. The molecule has 7 nitrogen and oxygen atoms in total. The van der Waals surface area contributed by atoms with Crippen molar-refractivity contribution in [1.82, 2.24) is 20.8 Å². The third-order valence-corrected chi connectivity index (χ3v) is 5.64. The number of aryl methyl sites for hydroxylation is 1. The van der Waals surface area contributed by atoms with Gasteiger partial charge in [-0.15, -0.1) is 0 Å². The summed E-state index contributed by atoms with van der Waals surface area (Å²) in [6, 6.07) is 7.11. The number of para-hydroxylation sites is 1. The van der Waals surface area contributed by atoms with E-state index in [1.807, 2.05) is 24.3 Å². The Bertz CT molecular complexity index is 798. The van der Waals surface area contributed by atoms with Crippen molar-refractivity contribution in [2.75, 3.05) is 20.2 Å². The number of nitrogens with one attached hydrogen (secondary N) is 2. The lowest BCUT2D eigenvalue weighted by Crippen LogP contribution is -2.36. The molecule has 26 heavy (non-hydrogen) atoms. The maximum absolute atomic E-state index is 13.0. The molecule has 0 radical (unpaired) electrons. The lowest BCUT2D eigenvalue weighted by molar-refractivity contribution is -0.123. The number of carbonyl (C=O) groups excluding carboxylic acids is 1. The Morgan fingerprint density at radius 2 is 2.15 bits per heavy atom. The molecule has 2 aliphatic rings. The molecule has 1 aromatic carbocycles. The average molecular weight is 356 g/mol. The van der Waals surface area contributed by atoms with Crippen molar-refractivity contribution >= 4 is 5.91 Å². The molecule has 2 heterocycles. The molecule has 1 aliphatic heterocycles. The van der Waals surface area contributed by atoms with Crippen molar-refractivity contribution in [2.24, 2.45) is 11.3 Å². The summed E-state index contributed by atoms with van der Waals surface area (Å²) in [5.41, 5.74) is 0.998. The van der Waals surface area contributed by atoms with Gasteiger partial charge in [0, 0.05) is 18.4 Å². The number of ether oxygens (including phenoxy) is 1. The van der Waals surface area contributed by atoms with E-state index in [1.165, 1.54) is 0 Å². The summed E-state index contributed by atoms with van der Waals surface area (Å²) in [5.74, 6) is 1.73. The van der Waals surface area contributed by atoms with Gasteiger partial charge in [0.2, 0.25) is 11.8 Å². The van der Waals surface area contributed by atoms with Crippen molar-refractivity contribution in [3.63, 3.8) is 0 Å². The summed E-state index contributed by atoms with van der Waals surface area (Å²) in [5, 5.41) is 10.6. The van der Waals surface area contributed by atoms with E-state index in [1.54, 1.807) is 14.0 Å². The molecule has 7 heteroatoms. The highest BCUT2D eigenvalue weighted by Crippen LogP contribution is 2.58. The van der Waals surface area contributed by atoms with Crippen molar-refractivity contribution in [3.8, 4) is 5.75 Å². The number of carbonyl (C=O) groups is 1. The quantitative estimate of drug-likeness (QED) is 0.852. The molecule has 1 amide bonds. The number of methoxy groups -OCH3 is 1. The van der Waals surface area contributed by atoms with Crippen LogP contribution in [0.4, 0.5) is 0 Å². The van der Waals surface area contributed by atoms with Crippen molar-refractivity contribution < 1.29 is 14.1 Å². The monoisotopic (exact) mass is 356 g/mol. The van der Waals surface area contributed by atoms with Crippen LogP contribution in [0.1, 0.15) is 42.6 Å². The van der Waals surface area contributed by atoms with Crippen LogP contribution >= 0.6 is 0 Å². The summed E-state index contributed by atoms with van der Waals surface area (Å²) in [6.45, 7) is 3.72. The van der Waals surface area contributed by atoms with Crippen LogP contribution < -0.4 is 15.4 Å². The van der Waals surface area contributed by atoms with Gasteiger partial charge in [0.05, 0.1) is 7.11 Å². The predicted molar refractivity (Wildman–Crippen MR) is 94.7 cm³/mol. The number of hydrogen-bond acceptors (Lipinski definition) is 6. The summed E-state index contributed by atoms with van der Waals surface area (Å²) < 4.78 is 10.6. The fourth-order valence-corrected chi connectivity index (χ4v) is 4.06. The smallest absolute Gasteiger partial charge is 0.224 e. The van der Waals surface area contributed by atoms with E-state index in [0.717, 1.165) is 37.9 Å². The molecule has 1 aromatic heterocycles. The summed E-state index contributed by atoms with van der Waals surface area (Å²) in [4.78, 5) is 17.3. The Balaban J connectivity index is 1.59. The lowest BCUT2D eigenvalue weighted by atomic mass is 9.91. The van der Waals surface area contributed by atoms with Crippen LogP contribution in [0.3, 0.4) is 0 Å². The fraction of sp³-hybridized carbons (Fsp3) is 0.526. The molecule has 1 spiro atoms. The third-order valence-electron chi connectivity index (χ3n) is 5.64. The van der Waals surface area contributed by atoms with Gasteiger partial charge < -0.3 is 19.9 Å². The van der Waals surface area contributed by atoms with Gasteiger partial charge >= 0.3 is 0 Å². The van der Waals surface area contributed by atoms with Crippen LogP contribution in [0.2, 0.25) is 0 Å². The van der Waals surface area contributed by atoms with Gasteiger partial charge in [-0.2, -0.15) is 4.98 Å². The molecule has 2 atom stereocenters. The van der Waals surface area contributed by atoms with Crippen molar-refractivity contribution in [1.29, 1.82) is 0 Å². The number of piperidine rings is 1. The van der Waals surface area contributed by atoms with Gasteiger partial charge in [-0.1, -0.05) is 23.4 Å². The minimum atomic E-state index is -0.490. The Hall–Kier alpha value is -2.41. The minimum absolute atomic E-state index is 0.0604. The Kier molecular flexibility index (Phi) is 4.40. The van der Waals surface area contributed by atoms with Crippen molar-refractivity contribution in [3.05, 3.63) is 41.5 Å². The number of rotatable bonds is 5. The molecular formula is C19H24N4O3. The Labute approximate surface area is 152 Å². The van der Waals surface area contributed by atoms with Gasteiger partial charge in [-0.3, -0.25) is 4.79 Å². The fourth-order valence-electron chi connectivity index (χ4n) is 4.06. The zero-order valence-electron chi connectivity index (χ0n) is 15.1. The van der Waals surface area contributed by atoms with E-state index in [9.17, 15) is 4.79 Å². The number of amides is 1. The second kappa shape index (κ2) is 6.72. The number of nitrogens with zero attached hydrogens (tertiary/aromatic N) is 2. The standard InChI is InChI=1S/C19H24N4O3/c1-12-21-17(23-26-12)16(13-5-3-4-6-15(13)25-2)22-18(24)14-11-19(14)7-9-20-10-8-19/h3-6,14,16,20H,7-11H2,1-2H3,(H,22,24)/t14-,16-/m1/s1. The van der Waals surface area contributed by atoms with Gasteiger partial charge in [-0.05, 0) is 43.8 Å². The highest BCUT2D eigenvalue weighted by atomic mass is 16.5. The normalized spacial score (nSPS) is 22.0. The molecule has 2 aromatic rings. The van der Waals surface area contributed by atoms with Crippen LogP contribution in [0, 0.1) is 18.3 Å². The highest BCUT2D eigenvalue weighted by Gasteiger charge is 2.57. The molecule has 1 saturated carbocycles. The molecule has 4 rings (SSSR count). The second-order valence-electron chi connectivity index (χ2n) is 7.22. The average Bonchev–Trinajstić information content (AvgIpc) is 3.18. The maximum atomic E-state index is 13.0. The van der Waals surface area contributed by atoms with Gasteiger partial charge in [-0.25, -0.2) is 0 Å². The van der Waals surface area contributed by atoms with Crippen LogP contribution in [0.25, 0.3) is 0 Å². The second-order valence-corrected chi connectivity index (χ2v) is 7.22. The molecule has 1 aliphatic carbocycles. The SMILES string of the molecule is COc1ccccc1[C@@H](NC(=O)[C@H]1CC12CCNCC2)c1noc(C)n1. The number of benzene rings is 1. The summed E-state index contributed by atoms with van der Waals surface area (Å²) in [7, 11) is 1.62. The molecule has 2 fully saturated rings. The first-order valence-electron chi connectivity index (χ1n) is 9.07. The summed E-state index contributed by atoms with van der Waals surface area (Å²) in [6.07, 6.45) is 3.09.